The van der Waals surface area contributed by atoms with Crippen LogP contribution in [0.4, 0.5) is 87.8 Å². The molecule has 0 N–H and O–H groups in total. The zero-order chi connectivity index (χ0) is 30.5. The first-order valence-electron chi connectivity index (χ1n) is 8.46. The van der Waals surface area contributed by atoms with Gasteiger partial charge in [-0.15, -0.1) is 22.2 Å². The minimum absolute atomic E-state index is 2.22. The highest BCUT2D eigenvalue weighted by Gasteiger charge is 2.84. The third-order valence-corrected chi connectivity index (χ3v) is 11.2. The van der Waals surface area contributed by atoms with Crippen molar-refractivity contribution in [3.05, 3.63) is 0 Å². The summed E-state index contributed by atoms with van der Waals surface area (Å²) in [5, 5.41) is 0. The van der Waals surface area contributed by atoms with E-state index in [0.717, 1.165) is 0 Å². The Morgan fingerprint density at radius 2 is 0.838 bits per heavy atom. The van der Waals surface area contributed by atoms with Crippen LogP contribution in [0.2, 0.25) is 12.1 Å². The zero-order valence-electron chi connectivity index (χ0n) is 16.5. The fourth-order valence-electron chi connectivity index (χ4n) is 2.06. The van der Waals surface area contributed by atoms with Crippen molar-refractivity contribution < 1.29 is 91.9 Å². The molecule has 0 fully saturated rings. The lowest BCUT2D eigenvalue weighted by molar-refractivity contribution is -0.402. The van der Waals surface area contributed by atoms with Crippen LogP contribution in [-0.4, -0.2) is 76.9 Å². The molecule has 0 aromatic heterocycles. The van der Waals surface area contributed by atoms with Crippen LogP contribution in [0.3, 0.4) is 0 Å². The molecule has 2 atom stereocenters. The van der Waals surface area contributed by atoms with E-state index in [4.69, 9.17) is 22.2 Å². The topological polar surface area (TPSA) is 9.23 Å². The van der Waals surface area contributed by atoms with Gasteiger partial charge < -0.3 is 4.12 Å². The van der Waals surface area contributed by atoms with E-state index in [1.54, 1.807) is 0 Å². The van der Waals surface area contributed by atoms with Crippen LogP contribution in [0.5, 0.6) is 0 Å². The van der Waals surface area contributed by atoms with E-state index < -0.39 is 89.0 Å². The van der Waals surface area contributed by atoms with Crippen LogP contribution >= 0.6 is 22.2 Å². The molecule has 0 radical (unpaired) electrons. The Morgan fingerprint density at radius 1 is 0.541 bits per heavy atom. The molecule has 224 valence electrons. The Morgan fingerprint density at radius 3 is 1.14 bits per heavy atom. The second-order valence-corrected chi connectivity index (χ2v) is 15.0. The molecule has 0 aromatic rings. The third-order valence-electron chi connectivity index (χ3n) is 4.23. The number of alkyl halides is 20. The molecule has 0 bridgehead atoms. The number of rotatable bonds is 12. The minimum Gasteiger partial charge on any atom is -0.439 e. The maximum absolute atomic E-state index is 13.7. The maximum atomic E-state index is 13.7. The van der Waals surface area contributed by atoms with E-state index >= 15 is 0 Å². The van der Waals surface area contributed by atoms with Crippen LogP contribution in [0.15, 0.2) is 0 Å². The Hall–Kier alpha value is -0.426. The van der Waals surface area contributed by atoms with E-state index in [-0.39, 0.29) is 0 Å². The average molecular weight is 675 g/mol. The summed E-state index contributed by atoms with van der Waals surface area (Å²) >= 11 is 10.1. The molecule has 0 saturated heterocycles. The molecule has 37 heavy (non-hydrogen) atoms. The van der Waals surface area contributed by atoms with Crippen molar-refractivity contribution in [2.75, 3.05) is 0 Å². The standard InChI is InChI=1S/C12H8Cl2F20OSi2/c13-37(14,2-4(16)6(19,20)8(23,24)10(27,28)12(32,33)34)35-36-1-3(15)5(17,18)7(21,22)9(25,26)11(29,30)31/h3-4H,1-2,36H2. The summed E-state index contributed by atoms with van der Waals surface area (Å²) in [5.74, 6) is -43.7. The van der Waals surface area contributed by atoms with Crippen LogP contribution in [0, 0.1) is 0 Å². The van der Waals surface area contributed by atoms with Gasteiger partial charge in [-0.25, -0.2) is 8.78 Å². The summed E-state index contributed by atoms with van der Waals surface area (Å²) in [7, 11) is -3.47. The van der Waals surface area contributed by atoms with Gasteiger partial charge in [-0.1, -0.05) is 0 Å². The molecule has 0 rings (SSSR count). The molecule has 1 nitrogen and oxygen atoms in total. The van der Waals surface area contributed by atoms with Crippen LogP contribution in [-0.2, 0) is 4.12 Å². The van der Waals surface area contributed by atoms with Crippen molar-refractivity contribution >= 4 is 38.9 Å². The monoisotopic (exact) mass is 674 g/mol. The summed E-state index contributed by atoms with van der Waals surface area (Å²) < 4.78 is 260. The van der Waals surface area contributed by atoms with Gasteiger partial charge in [0.15, 0.2) is 22.1 Å². The summed E-state index contributed by atoms with van der Waals surface area (Å²) in [6.45, 7) is -5.43. The van der Waals surface area contributed by atoms with E-state index in [1.165, 1.54) is 0 Å². The van der Waals surface area contributed by atoms with Gasteiger partial charge >= 0.3 is 54.8 Å². The van der Waals surface area contributed by atoms with Gasteiger partial charge in [0.25, 0.3) is 0 Å². The van der Waals surface area contributed by atoms with Gasteiger partial charge in [-0.2, -0.15) is 79.0 Å². The Bertz CT molecular complexity index is 780. The smallest absolute Gasteiger partial charge is 0.439 e. The quantitative estimate of drug-likeness (QED) is 0.118. The molecule has 0 aliphatic heterocycles. The zero-order valence-corrected chi connectivity index (χ0v) is 20.4. The maximum Gasteiger partial charge on any atom is 0.460 e. The predicted octanol–water partition coefficient (Wildman–Crippen LogP) is 7.53. The lowest BCUT2D eigenvalue weighted by Crippen LogP contribution is -2.64. The van der Waals surface area contributed by atoms with E-state index in [0.29, 0.717) is 0 Å². The molecular formula is C12H8Cl2F20OSi2. The van der Waals surface area contributed by atoms with Gasteiger partial charge in [0.05, 0.1) is 0 Å². The molecule has 0 spiro atoms. The van der Waals surface area contributed by atoms with E-state index in [2.05, 4.69) is 4.12 Å². The Balaban J connectivity index is 5.53. The summed E-state index contributed by atoms with van der Waals surface area (Å²) in [6.07, 6.45) is -24.1. The first kappa shape index (κ1) is 36.6. The van der Waals surface area contributed by atoms with Crippen LogP contribution in [0.25, 0.3) is 0 Å². The Kier molecular flexibility index (Phi) is 10.4. The molecule has 0 aromatic carbocycles. The Labute approximate surface area is 203 Å². The van der Waals surface area contributed by atoms with Gasteiger partial charge in [-0.05, 0) is 6.04 Å². The molecule has 0 aliphatic carbocycles. The largest absolute Gasteiger partial charge is 0.460 e. The summed E-state index contributed by atoms with van der Waals surface area (Å²) in [5.41, 5.74) is 0. The number of halogens is 22. The van der Waals surface area contributed by atoms with Gasteiger partial charge in [-0.3, -0.25) is 0 Å². The highest BCUT2D eigenvalue weighted by Crippen LogP contribution is 2.56. The van der Waals surface area contributed by atoms with E-state index in [9.17, 15) is 87.8 Å². The first-order valence-corrected chi connectivity index (χ1v) is 14.2. The first-order chi connectivity index (χ1) is 15.8. The molecular weight excluding hydrogens is 667 g/mol. The van der Waals surface area contributed by atoms with Crippen molar-refractivity contribution in [3.8, 4) is 0 Å². The fraction of sp³-hybridized carbons (Fsp3) is 1.00. The lowest BCUT2D eigenvalue weighted by atomic mass is 10.0. The highest BCUT2D eigenvalue weighted by atomic mass is 35.7. The van der Waals surface area contributed by atoms with Crippen molar-refractivity contribution in [3.63, 3.8) is 0 Å². The van der Waals surface area contributed by atoms with Crippen LogP contribution < -0.4 is 0 Å². The van der Waals surface area contributed by atoms with Crippen molar-refractivity contribution in [2.45, 2.75) is 72.3 Å². The molecule has 0 heterocycles. The third kappa shape index (κ3) is 6.66. The number of hydrogen-bond acceptors (Lipinski definition) is 1. The van der Waals surface area contributed by atoms with Crippen molar-refractivity contribution in [2.24, 2.45) is 0 Å². The van der Waals surface area contributed by atoms with Crippen molar-refractivity contribution in [1.29, 1.82) is 0 Å². The molecule has 25 heteroatoms. The SMILES string of the molecule is FC(C[SiH2]O[Si](Cl)(Cl)CC(F)C(F)(F)C(F)(F)C(F)(F)C(F)(F)F)C(F)(F)C(F)(F)C(F)(F)C(F)(F)F. The van der Waals surface area contributed by atoms with Gasteiger partial charge in [0.2, 0.25) is 0 Å². The lowest BCUT2D eigenvalue weighted by Gasteiger charge is -2.36. The van der Waals surface area contributed by atoms with Crippen LogP contribution in [0.1, 0.15) is 0 Å². The summed E-state index contributed by atoms with van der Waals surface area (Å²) in [6, 6.07) is -4.77. The average Bonchev–Trinajstić information content (AvgIpc) is 2.64. The van der Waals surface area contributed by atoms with Gasteiger partial charge in [0, 0.05) is 6.04 Å². The minimum atomic E-state index is -7.54. The molecule has 0 amide bonds. The van der Waals surface area contributed by atoms with Gasteiger partial charge in [0.1, 0.15) is 0 Å². The molecule has 2 unspecified atom stereocenters. The molecule has 0 saturated carbocycles. The van der Waals surface area contributed by atoms with E-state index in [1.807, 2.05) is 0 Å². The highest BCUT2D eigenvalue weighted by molar-refractivity contribution is 7.43. The summed E-state index contributed by atoms with van der Waals surface area (Å²) in [4.78, 5) is 0. The second kappa shape index (κ2) is 10.5. The molecule has 0 aliphatic rings. The normalized spacial score (nSPS) is 18.0. The van der Waals surface area contributed by atoms with Crippen molar-refractivity contribution in [1.82, 2.24) is 0 Å². The predicted molar refractivity (Wildman–Crippen MR) is 88.3 cm³/mol. The fourth-order valence-corrected chi connectivity index (χ4v) is 7.64. The number of hydrogen-bond donors (Lipinski definition) is 0. The second-order valence-electron chi connectivity index (χ2n) is 6.95.